The Labute approximate surface area is 60.2 Å². The van der Waals surface area contributed by atoms with Crippen LogP contribution in [0.5, 0.6) is 0 Å². The van der Waals surface area contributed by atoms with Crippen LogP contribution in [0.3, 0.4) is 0 Å². The molecule has 0 aliphatic rings. The van der Waals surface area contributed by atoms with Gasteiger partial charge in [-0.05, 0) is 22.0 Å². The Morgan fingerprint density at radius 3 is 2.78 bits per heavy atom. The summed E-state index contributed by atoms with van der Waals surface area (Å²) in [5, 5.41) is 16.2. The summed E-state index contributed by atoms with van der Waals surface area (Å²) in [4.78, 5) is 0. The molecule has 48 valence electrons. The zero-order valence-corrected chi connectivity index (χ0v) is 6.09. The van der Waals surface area contributed by atoms with E-state index >= 15 is 0 Å². The highest BCUT2D eigenvalue weighted by Gasteiger charge is 1.88. The summed E-state index contributed by atoms with van der Waals surface area (Å²) >= 11 is 3.08. The molecule has 0 atom stereocenters. The Kier molecular flexibility index (Phi) is 1.57. The fourth-order valence-corrected chi connectivity index (χ4v) is 0.801. The SMILES string of the molecule is N=c1ccn(O)cc1Br. The van der Waals surface area contributed by atoms with E-state index in [9.17, 15) is 0 Å². The maximum absolute atomic E-state index is 8.74. The summed E-state index contributed by atoms with van der Waals surface area (Å²) in [5.41, 5.74) is 0. The van der Waals surface area contributed by atoms with Crippen molar-refractivity contribution in [3.8, 4) is 0 Å². The number of hydrogen-bond donors (Lipinski definition) is 2. The molecule has 0 amide bonds. The monoisotopic (exact) mass is 188 g/mol. The van der Waals surface area contributed by atoms with Crippen LogP contribution in [0.2, 0.25) is 0 Å². The minimum Gasteiger partial charge on any atom is -0.429 e. The molecule has 3 nitrogen and oxygen atoms in total. The van der Waals surface area contributed by atoms with Gasteiger partial charge in [-0.3, -0.25) is 5.41 Å². The maximum Gasteiger partial charge on any atom is 0.0713 e. The van der Waals surface area contributed by atoms with Crippen LogP contribution in [-0.2, 0) is 0 Å². The van der Waals surface area contributed by atoms with Crippen molar-refractivity contribution >= 4 is 15.9 Å². The van der Waals surface area contributed by atoms with Gasteiger partial charge in [0.2, 0.25) is 0 Å². The lowest BCUT2D eigenvalue weighted by molar-refractivity contribution is 0.183. The Balaban J connectivity index is 3.34. The molecular formula is C5H5BrN2O. The smallest absolute Gasteiger partial charge is 0.0713 e. The summed E-state index contributed by atoms with van der Waals surface area (Å²) in [7, 11) is 0. The second-order valence-electron chi connectivity index (χ2n) is 1.59. The average Bonchev–Trinajstić information content (AvgIpc) is 1.80. The van der Waals surface area contributed by atoms with E-state index in [1.54, 1.807) is 0 Å². The molecule has 0 bridgehead atoms. The van der Waals surface area contributed by atoms with Crippen molar-refractivity contribution in [1.82, 2.24) is 4.73 Å². The van der Waals surface area contributed by atoms with Gasteiger partial charge in [0.25, 0.3) is 0 Å². The van der Waals surface area contributed by atoms with E-state index in [2.05, 4.69) is 15.9 Å². The van der Waals surface area contributed by atoms with Gasteiger partial charge in [0.15, 0.2) is 0 Å². The highest BCUT2D eigenvalue weighted by molar-refractivity contribution is 9.10. The molecule has 0 aromatic carbocycles. The van der Waals surface area contributed by atoms with Gasteiger partial charge in [-0.1, -0.05) is 0 Å². The molecule has 0 aliphatic heterocycles. The van der Waals surface area contributed by atoms with Crippen LogP contribution in [0.1, 0.15) is 0 Å². The Morgan fingerprint density at radius 2 is 2.33 bits per heavy atom. The van der Waals surface area contributed by atoms with E-state index < -0.39 is 0 Å². The Hall–Kier alpha value is -0.770. The first kappa shape index (κ1) is 6.35. The van der Waals surface area contributed by atoms with E-state index in [1.165, 1.54) is 18.5 Å². The van der Waals surface area contributed by atoms with Gasteiger partial charge >= 0.3 is 0 Å². The highest BCUT2D eigenvalue weighted by Crippen LogP contribution is 1.98. The molecule has 0 saturated carbocycles. The molecule has 1 heterocycles. The van der Waals surface area contributed by atoms with Gasteiger partial charge in [0.1, 0.15) is 0 Å². The molecule has 0 fully saturated rings. The number of nitrogens with one attached hydrogen (secondary N) is 1. The molecule has 4 heteroatoms. The van der Waals surface area contributed by atoms with E-state index in [1.807, 2.05) is 0 Å². The fraction of sp³-hybridized carbons (Fsp3) is 0. The van der Waals surface area contributed by atoms with Gasteiger partial charge < -0.3 is 5.21 Å². The number of halogens is 1. The molecule has 1 rings (SSSR count). The van der Waals surface area contributed by atoms with Crippen LogP contribution in [0.25, 0.3) is 0 Å². The Bertz CT molecular complexity index is 268. The summed E-state index contributed by atoms with van der Waals surface area (Å²) in [6.07, 6.45) is 2.80. The second-order valence-corrected chi connectivity index (χ2v) is 2.44. The van der Waals surface area contributed by atoms with Crippen LogP contribution in [0, 0.1) is 5.41 Å². The van der Waals surface area contributed by atoms with Crippen LogP contribution in [0.15, 0.2) is 22.9 Å². The summed E-state index contributed by atoms with van der Waals surface area (Å²) in [5.74, 6) is 0. The second kappa shape index (κ2) is 2.23. The normalized spacial score (nSPS) is 9.44. The van der Waals surface area contributed by atoms with Crippen molar-refractivity contribution in [2.75, 3.05) is 0 Å². The summed E-state index contributed by atoms with van der Waals surface area (Å²) < 4.78 is 1.47. The predicted molar refractivity (Wildman–Crippen MR) is 35.2 cm³/mol. The number of aromatic nitrogens is 1. The third-order valence-corrected chi connectivity index (χ3v) is 1.53. The first-order chi connectivity index (χ1) is 4.20. The molecule has 2 N–H and O–H groups in total. The van der Waals surface area contributed by atoms with Crippen LogP contribution < -0.4 is 5.36 Å². The van der Waals surface area contributed by atoms with E-state index in [4.69, 9.17) is 10.6 Å². The number of rotatable bonds is 0. The standard InChI is InChI=1S/C5H5BrN2O/c6-4-3-8(9)2-1-5(4)7/h1-3,7,9H. The molecule has 0 radical (unpaired) electrons. The van der Waals surface area contributed by atoms with Crippen LogP contribution in [0.4, 0.5) is 0 Å². The van der Waals surface area contributed by atoms with Crippen molar-refractivity contribution in [2.45, 2.75) is 0 Å². The first-order valence-electron chi connectivity index (χ1n) is 2.32. The van der Waals surface area contributed by atoms with Crippen molar-refractivity contribution in [2.24, 2.45) is 0 Å². The molecular weight excluding hydrogens is 184 g/mol. The molecule has 1 aromatic rings. The van der Waals surface area contributed by atoms with Gasteiger partial charge in [0.05, 0.1) is 16.0 Å². The number of nitrogens with zero attached hydrogens (tertiary/aromatic N) is 1. The molecule has 0 aliphatic carbocycles. The van der Waals surface area contributed by atoms with Gasteiger partial charge in [-0.2, -0.15) is 0 Å². The quantitative estimate of drug-likeness (QED) is 0.587. The predicted octanol–water partition coefficient (Wildman–Crippen LogP) is 0.967. The summed E-state index contributed by atoms with van der Waals surface area (Å²) in [6, 6.07) is 1.49. The van der Waals surface area contributed by atoms with E-state index in [0.29, 0.717) is 9.83 Å². The van der Waals surface area contributed by atoms with Crippen LogP contribution >= 0.6 is 15.9 Å². The van der Waals surface area contributed by atoms with Crippen molar-refractivity contribution in [3.05, 3.63) is 28.3 Å². The minimum atomic E-state index is 0.361. The molecule has 0 unspecified atom stereocenters. The zero-order valence-electron chi connectivity index (χ0n) is 4.50. The largest absolute Gasteiger partial charge is 0.429 e. The molecule has 1 aromatic heterocycles. The topological polar surface area (TPSA) is 49.0 Å². The third-order valence-electron chi connectivity index (χ3n) is 0.897. The third kappa shape index (κ3) is 1.32. The highest BCUT2D eigenvalue weighted by atomic mass is 79.9. The number of pyridine rings is 1. The van der Waals surface area contributed by atoms with Gasteiger partial charge in [-0.15, -0.1) is 0 Å². The lowest BCUT2D eigenvalue weighted by atomic mass is 10.5. The first-order valence-corrected chi connectivity index (χ1v) is 3.11. The van der Waals surface area contributed by atoms with Gasteiger partial charge in [0, 0.05) is 6.20 Å². The lowest BCUT2D eigenvalue weighted by Gasteiger charge is -1.94. The zero-order chi connectivity index (χ0) is 6.85. The fourth-order valence-electron chi connectivity index (χ4n) is 0.459. The van der Waals surface area contributed by atoms with Crippen molar-refractivity contribution < 1.29 is 5.21 Å². The molecule has 0 spiro atoms. The molecule has 0 saturated heterocycles. The lowest BCUT2D eigenvalue weighted by Crippen LogP contribution is -2.03. The maximum atomic E-state index is 8.74. The Morgan fingerprint density at radius 1 is 1.67 bits per heavy atom. The van der Waals surface area contributed by atoms with Gasteiger partial charge in [-0.25, -0.2) is 4.73 Å². The van der Waals surface area contributed by atoms with Crippen molar-refractivity contribution in [1.29, 1.82) is 5.41 Å². The van der Waals surface area contributed by atoms with E-state index in [-0.39, 0.29) is 0 Å². The van der Waals surface area contributed by atoms with Crippen LogP contribution in [-0.4, -0.2) is 9.94 Å². The van der Waals surface area contributed by atoms with Crippen molar-refractivity contribution in [3.63, 3.8) is 0 Å². The molecule has 9 heavy (non-hydrogen) atoms. The average molecular weight is 189 g/mol. The number of hydrogen-bond acceptors (Lipinski definition) is 2. The summed E-state index contributed by atoms with van der Waals surface area (Å²) in [6.45, 7) is 0. The van der Waals surface area contributed by atoms with E-state index in [0.717, 1.165) is 4.73 Å². The minimum absolute atomic E-state index is 0.361.